The van der Waals surface area contributed by atoms with E-state index >= 15 is 0 Å². The van der Waals surface area contributed by atoms with Crippen molar-refractivity contribution in [3.63, 3.8) is 0 Å². The lowest BCUT2D eigenvalue weighted by Crippen LogP contribution is -2.12. The fourth-order valence-electron chi connectivity index (χ4n) is 3.65. The van der Waals surface area contributed by atoms with E-state index in [1.165, 1.54) is 5.56 Å². The van der Waals surface area contributed by atoms with Crippen LogP contribution in [0.5, 0.6) is 5.75 Å². The van der Waals surface area contributed by atoms with Gasteiger partial charge in [-0.15, -0.1) is 0 Å². The number of pyridine rings is 1. The number of nitrogens with one attached hydrogen (secondary N) is 1. The van der Waals surface area contributed by atoms with Gasteiger partial charge >= 0.3 is 0 Å². The molecule has 1 N–H and O–H groups in total. The maximum atomic E-state index is 12.7. The number of nitrogens with zero attached hydrogens (tertiary/aromatic N) is 2. The lowest BCUT2D eigenvalue weighted by molar-refractivity contribution is 0.102. The Morgan fingerprint density at radius 1 is 0.812 bits per heavy atom. The molecular formula is C27H21N3O2. The highest BCUT2D eigenvalue weighted by Crippen LogP contribution is 2.26. The van der Waals surface area contributed by atoms with Crippen molar-refractivity contribution in [1.82, 2.24) is 9.38 Å². The number of carbonyl (C=O) groups is 1. The van der Waals surface area contributed by atoms with Gasteiger partial charge in [0, 0.05) is 23.5 Å². The number of rotatable bonds is 5. The number of aromatic nitrogens is 2. The molecule has 1 amide bonds. The molecule has 2 aromatic heterocycles. The fourth-order valence-corrected chi connectivity index (χ4v) is 3.65. The average molecular weight is 419 g/mol. The molecule has 5 nitrogen and oxygen atoms in total. The molecule has 5 aromatic rings. The van der Waals surface area contributed by atoms with Crippen LogP contribution in [0.15, 0.2) is 103 Å². The Labute approximate surface area is 185 Å². The Bertz CT molecular complexity index is 1370. The first-order valence-corrected chi connectivity index (χ1v) is 10.3. The van der Waals surface area contributed by atoms with Crippen LogP contribution in [0.4, 0.5) is 5.69 Å². The molecule has 0 radical (unpaired) electrons. The Kier molecular flexibility index (Phi) is 5.14. The zero-order valence-electron chi connectivity index (χ0n) is 17.5. The molecule has 5 heteroatoms. The maximum Gasteiger partial charge on any atom is 0.255 e. The number of methoxy groups -OCH3 is 1. The molecule has 0 bridgehead atoms. The first-order chi connectivity index (χ1) is 15.7. The number of hydrogen-bond acceptors (Lipinski definition) is 3. The van der Waals surface area contributed by atoms with Gasteiger partial charge in [-0.2, -0.15) is 0 Å². The van der Waals surface area contributed by atoms with Gasteiger partial charge in [-0.1, -0.05) is 54.6 Å². The number of hydrogen-bond donors (Lipinski definition) is 1. The monoisotopic (exact) mass is 419 g/mol. The molecule has 0 atom stereocenters. The Morgan fingerprint density at radius 3 is 2.22 bits per heavy atom. The predicted molar refractivity (Wildman–Crippen MR) is 127 cm³/mol. The van der Waals surface area contributed by atoms with Gasteiger partial charge in [0.1, 0.15) is 5.75 Å². The molecule has 2 heterocycles. The smallest absolute Gasteiger partial charge is 0.255 e. The minimum atomic E-state index is -0.197. The average Bonchev–Trinajstić information content (AvgIpc) is 3.30. The molecule has 0 saturated carbocycles. The van der Waals surface area contributed by atoms with E-state index in [9.17, 15) is 4.79 Å². The normalized spacial score (nSPS) is 10.8. The molecule has 3 aromatic carbocycles. The number of carbonyl (C=O) groups excluding carboxylic acids is 1. The molecule has 0 spiro atoms. The Morgan fingerprint density at radius 2 is 1.50 bits per heavy atom. The Hall–Kier alpha value is -4.38. The minimum absolute atomic E-state index is 0.197. The highest BCUT2D eigenvalue weighted by Gasteiger charge is 2.12. The zero-order valence-corrected chi connectivity index (χ0v) is 17.5. The standard InChI is InChI=1S/C27H21N3O2/c1-32-23-15-13-22(14-16-23)27(31)29-24-8-5-17-30-18-25(28-26(24)30)21-11-9-20(10-12-21)19-6-3-2-4-7-19/h2-18H,1H3,(H,29,31). The Balaban J connectivity index is 1.42. The van der Waals surface area contributed by atoms with Crippen molar-refractivity contribution in [1.29, 1.82) is 0 Å². The van der Waals surface area contributed by atoms with Gasteiger partial charge in [0.15, 0.2) is 5.65 Å². The van der Waals surface area contributed by atoms with Crippen molar-refractivity contribution in [2.24, 2.45) is 0 Å². The molecule has 0 aliphatic heterocycles. The van der Waals surface area contributed by atoms with E-state index in [0.717, 1.165) is 16.8 Å². The summed E-state index contributed by atoms with van der Waals surface area (Å²) in [6, 6.07) is 29.4. The van der Waals surface area contributed by atoms with E-state index < -0.39 is 0 Å². The molecule has 0 fully saturated rings. The summed E-state index contributed by atoms with van der Waals surface area (Å²) in [7, 11) is 1.60. The van der Waals surface area contributed by atoms with Gasteiger partial charge in [-0.25, -0.2) is 4.98 Å². The largest absolute Gasteiger partial charge is 0.497 e. The summed E-state index contributed by atoms with van der Waals surface area (Å²) in [5.74, 6) is 0.511. The summed E-state index contributed by atoms with van der Waals surface area (Å²) in [5, 5.41) is 2.97. The van der Waals surface area contributed by atoms with Gasteiger partial charge in [-0.05, 0) is 47.5 Å². The van der Waals surface area contributed by atoms with Crippen molar-refractivity contribution in [2.45, 2.75) is 0 Å². The van der Waals surface area contributed by atoms with Gasteiger partial charge in [0.25, 0.3) is 5.91 Å². The van der Waals surface area contributed by atoms with Gasteiger partial charge in [0.2, 0.25) is 0 Å². The quantitative estimate of drug-likeness (QED) is 0.384. The third-order valence-corrected chi connectivity index (χ3v) is 5.37. The molecule has 5 rings (SSSR count). The second-order valence-corrected chi connectivity index (χ2v) is 7.40. The van der Waals surface area contributed by atoms with E-state index in [1.54, 1.807) is 31.4 Å². The van der Waals surface area contributed by atoms with Crippen LogP contribution in [0.2, 0.25) is 0 Å². The van der Waals surface area contributed by atoms with Crippen LogP contribution in [0.3, 0.4) is 0 Å². The zero-order chi connectivity index (χ0) is 21.9. The molecule has 32 heavy (non-hydrogen) atoms. The van der Waals surface area contributed by atoms with Gasteiger partial charge in [0.05, 0.1) is 18.5 Å². The van der Waals surface area contributed by atoms with Crippen LogP contribution < -0.4 is 10.1 Å². The van der Waals surface area contributed by atoms with Crippen LogP contribution in [0.1, 0.15) is 10.4 Å². The first kappa shape index (κ1) is 19.6. The number of ether oxygens (including phenoxy) is 1. The molecule has 156 valence electrons. The van der Waals surface area contributed by atoms with Crippen molar-refractivity contribution in [3.8, 4) is 28.1 Å². The number of anilines is 1. The lowest BCUT2D eigenvalue weighted by atomic mass is 10.0. The summed E-state index contributed by atoms with van der Waals surface area (Å²) in [4.78, 5) is 17.5. The number of amides is 1. The van der Waals surface area contributed by atoms with E-state index in [4.69, 9.17) is 9.72 Å². The van der Waals surface area contributed by atoms with E-state index in [1.807, 2.05) is 47.1 Å². The van der Waals surface area contributed by atoms with Gasteiger partial charge < -0.3 is 14.5 Å². The van der Waals surface area contributed by atoms with Crippen molar-refractivity contribution in [2.75, 3.05) is 12.4 Å². The van der Waals surface area contributed by atoms with Crippen LogP contribution in [-0.2, 0) is 0 Å². The van der Waals surface area contributed by atoms with E-state index in [0.29, 0.717) is 22.6 Å². The predicted octanol–water partition coefficient (Wildman–Crippen LogP) is 5.93. The fraction of sp³-hybridized carbons (Fsp3) is 0.0370. The van der Waals surface area contributed by atoms with Gasteiger partial charge in [-0.3, -0.25) is 4.79 Å². The van der Waals surface area contributed by atoms with Crippen LogP contribution >= 0.6 is 0 Å². The first-order valence-electron chi connectivity index (χ1n) is 10.3. The van der Waals surface area contributed by atoms with Crippen LogP contribution in [0, 0.1) is 0 Å². The van der Waals surface area contributed by atoms with Crippen molar-refractivity contribution < 1.29 is 9.53 Å². The molecular weight excluding hydrogens is 398 g/mol. The minimum Gasteiger partial charge on any atom is -0.497 e. The SMILES string of the molecule is COc1ccc(C(=O)Nc2cccn3cc(-c4ccc(-c5ccccc5)cc4)nc23)cc1. The molecule has 0 saturated heterocycles. The lowest BCUT2D eigenvalue weighted by Gasteiger charge is -2.07. The van der Waals surface area contributed by atoms with Crippen LogP contribution in [0.25, 0.3) is 28.0 Å². The highest BCUT2D eigenvalue weighted by molar-refractivity contribution is 6.06. The second-order valence-electron chi connectivity index (χ2n) is 7.40. The number of imidazole rings is 1. The maximum absolute atomic E-state index is 12.7. The van der Waals surface area contributed by atoms with E-state index in [2.05, 4.69) is 41.7 Å². The summed E-state index contributed by atoms with van der Waals surface area (Å²) in [6.07, 6.45) is 3.89. The summed E-state index contributed by atoms with van der Waals surface area (Å²) in [6.45, 7) is 0. The second kappa shape index (κ2) is 8.40. The van der Waals surface area contributed by atoms with Crippen LogP contribution in [-0.4, -0.2) is 22.4 Å². The molecule has 0 aliphatic rings. The third kappa shape index (κ3) is 3.84. The summed E-state index contributed by atoms with van der Waals surface area (Å²) >= 11 is 0. The third-order valence-electron chi connectivity index (χ3n) is 5.37. The number of fused-ring (bicyclic) bond motifs is 1. The van der Waals surface area contributed by atoms with Crippen molar-refractivity contribution >= 4 is 17.2 Å². The molecule has 0 aliphatic carbocycles. The topological polar surface area (TPSA) is 55.6 Å². The summed E-state index contributed by atoms with van der Waals surface area (Å²) < 4.78 is 7.08. The summed E-state index contributed by atoms with van der Waals surface area (Å²) in [5.41, 5.74) is 6.09. The molecule has 0 unspecified atom stereocenters. The van der Waals surface area contributed by atoms with E-state index in [-0.39, 0.29) is 5.91 Å². The number of benzene rings is 3. The highest BCUT2D eigenvalue weighted by atomic mass is 16.5. The van der Waals surface area contributed by atoms with Crippen molar-refractivity contribution in [3.05, 3.63) is 109 Å².